The van der Waals surface area contributed by atoms with Gasteiger partial charge in [-0.3, -0.25) is 0 Å². The van der Waals surface area contributed by atoms with E-state index in [1.807, 2.05) is 32.0 Å². The Morgan fingerprint density at radius 3 is 2.33 bits per heavy atom. The number of nitrogens with zero attached hydrogens (tertiary/aromatic N) is 4. The number of rotatable bonds is 4. The molecule has 0 N–H and O–H groups in total. The van der Waals surface area contributed by atoms with Gasteiger partial charge in [0.25, 0.3) is 0 Å². The van der Waals surface area contributed by atoms with Crippen molar-refractivity contribution in [1.82, 2.24) is 14.3 Å². The van der Waals surface area contributed by atoms with E-state index < -0.39 is 10.0 Å². The molecule has 0 aliphatic carbocycles. The maximum Gasteiger partial charge on any atom is 0.243 e. The fraction of sp³-hybridized carbons (Fsp3) is 0.474. The summed E-state index contributed by atoms with van der Waals surface area (Å²) in [5.74, 6) is 1.96. The first-order valence-corrected chi connectivity index (χ1v) is 11.3. The van der Waals surface area contributed by atoms with Gasteiger partial charge in [0.2, 0.25) is 10.0 Å². The molecule has 0 radical (unpaired) electrons. The van der Waals surface area contributed by atoms with Crippen LogP contribution in [-0.4, -0.2) is 48.9 Å². The highest BCUT2D eigenvalue weighted by molar-refractivity contribution is 9.10. The largest absolute Gasteiger partial charge is 0.354 e. The fourth-order valence-corrected chi connectivity index (χ4v) is 5.33. The maximum absolute atomic E-state index is 13.1. The average molecular weight is 453 g/mol. The summed E-state index contributed by atoms with van der Waals surface area (Å²) in [4.78, 5) is 11.7. The van der Waals surface area contributed by atoms with Crippen molar-refractivity contribution in [3.8, 4) is 0 Å². The highest BCUT2D eigenvalue weighted by atomic mass is 79.9. The summed E-state index contributed by atoms with van der Waals surface area (Å²) in [6.45, 7) is 10.0. The molecule has 1 saturated heterocycles. The highest BCUT2D eigenvalue weighted by Gasteiger charge is 2.30. The minimum atomic E-state index is -3.51. The summed E-state index contributed by atoms with van der Waals surface area (Å²) in [7, 11) is -3.51. The van der Waals surface area contributed by atoms with E-state index in [-0.39, 0.29) is 5.92 Å². The molecule has 2 heterocycles. The Hall–Kier alpha value is -1.51. The third kappa shape index (κ3) is 4.33. The second-order valence-corrected chi connectivity index (χ2v) is 10.0. The minimum Gasteiger partial charge on any atom is -0.354 e. The van der Waals surface area contributed by atoms with Gasteiger partial charge in [-0.2, -0.15) is 4.31 Å². The van der Waals surface area contributed by atoms with E-state index in [2.05, 4.69) is 44.6 Å². The van der Waals surface area contributed by atoms with Gasteiger partial charge in [0.15, 0.2) is 0 Å². The molecule has 1 aliphatic heterocycles. The molecule has 0 amide bonds. The number of sulfonamides is 1. The van der Waals surface area contributed by atoms with Crippen LogP contribution in [0, 0.1) is 13.8 Å². The summed E-state index contributed by atoms with van der Waals surface area (Å²) >= 11 is 3.37. The molecule has 1 aromatic heterocycles. The number of benzene rings is 1. The number of hydrogen-bond donors (Lipinski definition) is 0. The van der Waals surface area contributed by atoms with E-state index in [4.69, 9.17) is 0 Å². The average Bonchev–Trinajstić information content (AvgIpc) is 2.63. The molecule has 2 aromatic rings. The van der Waals surface area contributed by atoms with Gasteiger partial charge in [-0.15, -0.1) is 0 Å². The van der Waals surface area contributed by atoms with Crippen LogP contribution in [0.15, 0.2) is 33.6 Å². The first-order chi connectivity index (χ1) is 12.7. The van der Waals surface area contributed by atoms with Crippen LogP contribution in [0.3, 0.4) is 0 Å². The van der Waals surface area contributed by atoms with E-state index in [0.29, 0.717) is 31.1 Å². The second-order valence-electron chi connectivity index (χ2n) is 7.18. The van der Waals surface area contributed by atoms with Crippen LogP contribution < -0.4 is 4.90 Å². The van der Waals surface area contributed by atoms with Crippen molar-refractivity contribution in [2.75, 3.05) is 31.1 Å². The molecular weight excluding hydrogens is 428 g/mol. The Morgan fingerprint density at radius 1 is 1.04 bits per heavy atom. The van der Waals surface area contributed by atoms with Crippen LogP contribution in [0.5, 0.6) is 0 Å². The van der Waals surface area contributed by atoms with Crippen molar-refractivity contribution in [2.45, 2.75) is 38.5 Å². The number of anilines is 1. The third-order valence-electron chi connectivity index (χ3n) is 4.71. The van der Waals surface area contributed by atoms with Crippen molar-refractivity contribution >= 4 is 31.8 Å². The fourth-order valence-electron chi connectivity index (χ4n) is 3.14. The molecular formula is C19H25BrN4O2S. The zero-order valence-corrected chi connectivity index (χ0v) is 18.5. The lowest BCUT2D eigenvalue weighted by Crippen LogP contribution is -2.49. The lowest BCUT2D eigenvalue weighted by Gasteiger charge is -2.35. The van der Waals surface area contributed by atoms with Crippen LogP contribution in [0.1, 0.15) is 36.8 Å². The first kappa shape index (κ1) is 20.2. The molecule has 1 fully saturated rings. The van der Waals surface area contributed by atoms with Crippen LogP contribution in [0.2, 0.25) is 0 Å². The standard InChI is InChI=1S/C19H25BrN4O2S/c1-13(2)19-21-15(4)11-18(22-19)23-7-9-24(10-8-23)27(25,26)17-12-16(20)6-5-14(17)3/h5-6,11-13H,7-10H2,1-4H3. The van der Waals surface area contributed by atoms with Gasteiger partial charge in [0, 0.05) is 48.3 Å². The van der Waals surface area contributed by atoms with Gasteiger partial charge in [0.1, 0.15) is 11.6 Å². The molecule has 0 unspecified atom stereocenters. The van der Waals surface area contributed by atoms with E-state index >= 15 is 0 Å². The van der Waals surface area contributed by atoms with Crippen molar-refractivity contribution < 1.29 is 8.42 Å². The predicted octanol–water partition coefficient (Wildman–Crippen LogP) is 3.49. The Morgan fingerprint density at radius 2 is 1.70 bits per heavy atom. The molecule has 0 spiro atoms. The number of aryl methyl sites for hydroxylation is 2. The highest BCUT2D eigenvalue weighted by Crippen LogP contribution is 2.26. The Labute approximate surface area is 169 Å². The molecule has 146 valence electrons. The number of aromatic nitrogens is 2. The van der Waals surface area contributed by atoms with Crippen LogP contribution in [-0.2, 0) is 10.0 Å². The maximum atomic E-state index is 13.1. The van der Waals surface area contributed by atoms with Gasteiger partial charge in [-0.25, -0.2) is 18.4 Å². The van der Waals surface area contributed by atoms with Crippen LogP contribution >= 0.6 is 15.9 Å². The molecule has 1 aromatic carbocycles. The summed E-state index contributed by atoms with van der Waals surface area (Å²) in [6, 6.07) is 7.33. The van der Waals surface area contributed by atoms with Gasteiger partial charge in [0.05, 0.1) is 4.90 Å². The Bertz CT molecular complexity index is 939. The normalized spacial score (nSPS) is 16.1. The smallest absolute Gasteiger partial charge is 0.243 e. The lowest BCUT2D eigenvalue weighted by atomic mass is 10.2. The molecule has 0 atom stereocenters. The molecule has 3 rings (SSSR count). The topological polar surface area (TPSA) is 66.4 Å². The summed E-state index contributed by atoms with van der Waals surface area (Å²) in [5.41, 5.74) is 1.69. The van der Waals surface area contributed by atoms with Crippen molar-refractivity contribution in [1.29, 1.82) is 0 Å². The monoisotopic (exact) mass is 452 g/mol. The van der Waals surface area contributed by atoms with E-state index in [9.17, 15) is 8.42 Å². The van der Waals surface area contributed by atoms with Gasteiger partial charge < -0.3 is 4.90 Å². The third-order valence-corrected chi connectivity index (χ3v) is 7.24. The molecule has 6 nitrogen and oxygen atoms in total. The van der Waals surface area contributed by atoms with E-state index in [0.717, 1.165) is 27.4 Å². The number of hydrogen-bond acceptors (Lipinski definition) is 5. The van der Waals surface area contributed by atoms with Crippen LogP contribution in [0.4, 0.5) is 5.82 Å². The number of halogens is 1. The quantitative estimate of drug-likeness (QED) is 0.709. The summed E-state index contributed by atoms with van der Waals surface area (Å²) in [6.07, 6.45) is 0. The Kier molecular flexibility index (Phi) is 5.88. The lowest BCUT2D eigenvalue weighted by molar-refractivity contribution is 0.383. The van der Waals surface area contributed by atoms with E-state index in [1.54, 1.807) is 10.4 Å². The van der Waals surface area contributed by atoms with Crippen LogP contribution in [0.25, 0.3) is 0 Å². The Balaban J connectivity index is 1.78. The summed E-state index contributed by atoms with van der Waals surface area (Å²) < 4.78 is 28.5. The van der Waals surface area contributed by atoms with Crippen molar-refractivity contribution in [3.05, 3.63) is 45.8 Å². The van der Waals surface area contributed by atoms with Crippen molar-refractivity contribution in [3.63, 3.8) is 0 Å². The van der Waals surface area contributed by atoms with Gasteiger partial charge >= 0.3 is 0 Å². The second kappa shape index (κ2) is 7.85. The van der Waals surface area contributed by atoms with Gasteiger partial charge in [-0.05, 0) is 31.5 Å². The molecule has 8 heteroatoms. The minimum absolute atomic E-state index is 0.254. The number of piperazine rings is 1. The van der Waals surface area contributed by atoms with Crippen molar-refractivity contribution in [2.24, 2.45) is 0 Å². The summed E-state index contributed by atoms with van der Waals surface area (Å²) in [5, 5.41) is 0. The molecule has 1 aliphatic rings. The van der Waals surface area contributed by atoms with Gasteiger partial charge in [-0.1, -0.05) is 35.8 Å². The zero-order valence-electron chi connectivity index (χ0n) is 16.1. The molecule has 0 bridgehead atoms. The SMILES string of the molecule is Cc1cc(N2CCN(S(=O)(=O)c3cc(Br)ccc3C)CC2)nc(C(C)C)n1. The van der Waals surface area contributed by atoms with E-state index in [1.165, 1.54) is 0 Å². The zero-order chi connectivity index (χ0) is 19.8. The molecule has 27 heavy (non-hydrogen) atoms. The predicted molar refractivity (Wildman–Crippen MR) is 111 cm³/mol. The first-order valence-electron chi connectivity index (χ1n) is 9.05. The molecule has 0 saturated carbocycles.